The third-order valence-electron chi connectivity index (χ3n) is 3.54. The summed E-state index contributed by atoms with van der Waals surface area (Å²) in [6.45, 7) is 0. The normalized spacial score (nSPS) is 12.8. The third kappa shape index (κ3) is 3.00. The first-order valence-electron chi connectivity index (χ1n) is 6.60. The lowest BCUT2D eigenvalue weighted by atomic mass is 10.0. The molecule has 5 heteroatoms. The number of hydrogen-bond donors (Lipinski definition) is 1. The van der Waals surface area contributed by atoms with Crippen molar-refractivity contribution in [3.63, 3.8) is 0 Å². The Hall–Kier alpha value is -0.920. The number of nitrogens with zero attached hydrogens (tertiary/aromatic N) is 2. The van der Waals surface area contributed by atoms with Gasteiger partial charge in [0.1, 0.15) is 0 Å². The van der Waals surface area contributed by atoms with Gasteiger partial charge in [-0.2, -0.15) is 5.10 Å². The highest BCUT2D eigenvalue weighted by Crippen LogP contribution is 2.28. The van der Waals surface area contributed by atoms with Gasteiger partial charge in [0.25, 0.3) is 0 Å². The number of para-hydroxylation sites is 1. The number of hydrogen-bond acceptors (Lipinski definition) is 2. The number of aliphatic hydroxyl groups excluding tert-OH is 1. The maximum atomic E-state index is 10.6. The molecule has 1 atom stereocenters. The highest BCUT2D eigenvalue weighted by Gasteiger charge is 2.16. The molecule has 1 N–H and O–H groups in total. The van der Waals surface area contributed by atoms with Crippen molar-refractivity contribution in [3.8, 4) is 0 Å². The first-order chi connectivity index (χ1) is 10.1. The fourth-order valence-electron chi connectivity index (χ4n) is 2.50. The van der Waals surface area contributed by atoms with Gasteiger partial charge in [0, 0.05) is 26.9 Å². The van der Waals surface area contributed by atoms with E-state index in [0.29, 0.717) is 6.42 Å². The van der Waals surface area contributed by atoms with Gasteiger partial charge in [-0.1, -0.05) is 34.1 Å². The summed E-state index contributed by atoms with van der Waals surface area (Å²) in [5, 5.41) is 16.2. The molecule has 0 aliphatic heterocycles. The van der Waals surface area contributed by atoms with Crippen molar-refractivity contribution in [2.75, 3.05) is 0 Å². The molecule has 0 bridgehead atoms. The topological polar surface area (TPSA) is 38.0 Å². The van der Waals surface area contributed by atoms with E-state index in [1.54, 1.807) is 0 Å². The van der Waals surface area contributed by atoms with Crippen LogP contribution < -0.4 is 0 Å². The molecule has 2 aromatic carbocycles. The number of aryl methyl sites for hydroxylation is 1. The van der Waals surface area contributed by atoms with E-state index in [1.807, 2.05) is 48.1 Å². The van der Waals surface area contributed by atoms with Crippen LogP contribution in [0.1, 0.15) is 17.4 Å². The number of rotatable bonds is 3. The van der Waals surface area contributed by atoms with Gasteiger partial charge < -0.3 is 5.11 Å². The van der Waals surface area contributed by atoms with Gasteiger partial charge in [-0.15, -0.1) is 0 Å². The van der Waals surface area contributed by atoms with Crippen LogP contribution in [0.4, 0.5) is 0 Å². The smallest absolute Gasteiger partial charge is 0.0856 e. The molecular formula is C16H14BrIN2O. The van der Waals surface area contributed by atoms with Crippen molar-refractivity contribution < 1.29 is 5.11 Å². The zero-order chi connectivity index (χ0) is 15.0. The quantitative estimate of drug-likeness (QED) is 0.599. The maximum Gasteiger partial charge on any atom is 0.0856 e. The van der Waals surface area contributed by atoms with E-state index in [9.17, 15) is 5.11 Å². The van der Waals surface area contributed by atoms with E-state index in [2.05, 4.69) is 49.7 Å². The first-order valence-corrected chi connectivity index (χ1v) is 8.47. The molecule has 0 saturated heterocycles. The van der Waals surface area contributed by atoms with Gasteiger partial charge in [0.05, 0.1) is 17.3 Å². The Kier molecular flexibility index (Phi) is 4.33. The molecule has 1 aromatic heterocycles. The van der Waals surface area contributed by atoms with Crippen molar-refractivity contribution in [3.05, 3.63) is 61.8 Å². The highest BCUT2D eigenvalue weighted by molar-refractivity contribution is 14.1. The number of benzene rings is 2. The van der Waals surface area contributed by atoms with E-state index in [1.165, 1.54) is 0 Å². The number of aliphatic hydroxyl groups is 1. The Morgan fingerprint density at radius 3 is 2.86 bits per heavy atom. The second-order valence-corrected chi connectivity index (χ2v) is 7.05. The Labute approximate surface area is 145 Å². The van der Waals surface area contributed by atoms with E-state index in [0.717, 1.165) is 30.2 Å². The van der Waals surface area contributed by atoms with Crippen LogP contribution in [0.5, 0.6) is 0 Å². The Morgan fingerprint density at radius 1 is 1.29 bits per heavy atom. The van der Waals surface area contributed by atoms with Crippen molar-refractivity contribution in [1.82, 2.24) is 9.78 Å². The summed E-state index contributed by atoms with van der Waals surface area (Å²) in [7, 11) is 1.93. The number of fused-ring (bicyclic) bond motifs is 1. The Balaban J connectivity index is 1.96. The van der Waals surface area contributed by atoms with Crippen LogP contribution >= 0.6 is 38.5 Å². The predicted molar refractivity (Wildman–Crippen MR) is 96.2 cm³/mol. The van der Waals surface area contributed by atoms with Gasteiger partial charge >= 0.3 is 0 Å². The first kappa shape index (κ1) is 15.0. The average Bonchev–Trinajstić information content (AvgIpc) is 2.78. The summed E-state index contributed by atoms with van der Waals surface area (Å²) in [4.78, 5) is 0. The van der Waals surface area contributed by atoms with Gasteiger partial charge in [-0.25, -0.2) is 0 Å². The highest BCUT2D eigenvalue weighted by atomic mass is 127. The van der Waals surface area contributed by atoms with Crippen LogP contribution in [-0.2, 0) is 13.5 Å². The molecule has 0 aliphatic rings. The van der Waals surface area contributed by atoms with Gasteiger partial charge in [-0.3, -0.25) is 4.68 Å². The molecule has 108 valence electrons. The standard InChI is InChI=1S/C16H14BrIN2O/c1-20-15-5-3-2-4-11(15)14(19-20)9-16(21)12-8-10(17)6-7-13(12)18/h2-8,16,21H,9H2,1H3. The summed E-state index contributed by atoms with van der Waals surface area (Å²) in [6.07, 6.45) is -0.0546. The van der Waals surface area contributed by atoms with E-state index >= 15 is 0 Å². The van der Waals surface area contributed by atoms with Crippen LogP contribution in [0, 0.1) is 3.57 Å². The minimum Gasteiger partial charge on any atom is -0.388 e. The summed E-state index contributed by atoms with van der Waals surface area (Å²) in [6, 6.07) is 14.0. The SMILES string of the molecule is Cn1nc(CC(O)c2cc(Br)ccc2I)c2ccccc21. The molecule has 3 aromatic rings. The van der Waals surface area contributed by atoms with Crippen molar-refractivity contribution in [1.29, 1.82) is 0 Å². The zero-order valence-electron chi connectivity index (χ0n) is 11.4. The van der Waals surface area contributed by atoms with E-state index < -0.39 is 6.10 Å². The minimum atomic E-state index is -0.562. The summed E-state index contributed by atoms with van der Waals surface area (Å²) in [5.41, 5.74) is 2.94. The van der Waals surface area contributed by atoms with Crippen LogP contribution in [0.25, 0.3) is 10.9 Å². The third-order valence-corrected chi connectivity index (χ3v) is 5.01. The van der Waals surface area contributed by atoms with Crippen LogP contribution in [0.3, 0.4) is 0 Å². The lowest BCUT2D eigenvalue weighted by molar-refractivity contribution is 0.176. The Morgan fingerprint density at radius 2 is 2.05 bits per heavy atom. The minimum absolute atomic E-state index is 0.508. The molecular weight excluding hydrogens is 443 g/mol. The fraction of sp³-hybridized carbons (Fsp3) is 0.188. The van der Waals surface area contributed by atoms with Crippen molar-refractivity contribution in [2.45, 2.75) is 12.5 Å². The molecule has 0 saturated carbocycles. The van der Waals surface area contributed by atoms with Gasteiger partial charge in [-0.05, 0) is 52.4 Å². The van der Waals surface area contributed by atoms with Crippen LogP contribution in [0.15, 0.2) is 46.9 Å². The monoisotopic (exact) mass is 456 g/mol. The summed E-state index contributed by atoms with van der Waals surface area (Å²) in [5.74, 6) is 0. The van der Waals surface area contributed by atoms with Gasteiger partial charge in [0.15, 0.2) is 0 Å². The molecule has 0 radical (unpaired) electrons. The number of halogens is 2. The van der Waals surface area contributed by atoms with E-state index in [-0.39, 0.29) is 0 Å². The van der Waals surface area contributed by atoms with Crippen molar-refractivity contribution in [2.24, 2.45) is 7.05 Å². The fourth-order valence-corrected chi connectivity index (χ4v) is 3.58. The average molecular weight is 457 g/mol. The summed E-state index contributed by atoms with van der Waals surface area (Å²) < 4.78 is 3.90. The molecule has 21 heavy (non-hydrogen) atoms. The maximum absolute atomic E-state index is 10.6. The summed E-state index contributed by atoms with van der Waals surface area (Å²) >= 11 is 5.71. The second-order valence-electron chi connectivity index (χ2n) is 4.97. The molecule has 1 unspecified atom stereocenters. The molecule has 3 nitrogen and oxygen atoms in total. The molecule has 0 amide bonds. The molecule has 0 spiro atoms. The van der Waals surface area contributed by atoms with Crippen LogP contribution in [-0.4, -0.2) is 14.9 Å². The number of aromatic nitrogens is 2. The lowest BCUT2D eigenvalue weighted by Crippen LogP contribution is -2.05. The predicted octanol–water partition coefficient (Wildman–Crippen LogP) is 4.22. The molecule has 0 fully saturated rings. The molecule has 0 aliphatic carbocycles. The van der Waals surface area contributed by atoms with E-state index in [4.69, 9.17) is 0 Å². The molecule has 3 rings (SSSR count). The lowest BCUT2D eigenvalue weighted by Gasteiger charge is -2.12. The van der Waals surface area contributed by atoms with Gasteiger partial charge in [0.2, 0.25) is 0 Å². The zero-order valence-corrected chi connectivity index (χ0v) is 15.2. The van der Waals surface area contributed by atoms with Crippen molar-refractivity contribution >= 4 is 49.4 Å². The van der Waals surface area contributed by atoms with Crippen LogP contribution in [0.2, 0.25) is 0 Å². The molecule has 1 heterocycles. The second kappa shape index (κ2) is 6.06. The Bertz CT molecular complexity index is 800. The largest absolute Gasteiger partial charge is 0.388 e.